The zero-order valence-electron chi connectivity index (χ0n) is 14.3. The van der Waals surface area contributed by atoms with Crippen molar-refractivity contribution in [1.29, 1.82) is 0 Å². The van der Waals surface area contributed by atoms with E-state index in [1.54, 1.807) is 18.2 Å². The Labute approximate surface area is 142 Å². The van der Waals surface area contributed by atoms with Crippen molar-refractivity contribution < 1.29 is 14.0 Å². The maximum atomic E-state index is 13.8. The highest BCUT2D eigenvalue weighted by atomic mass is 19.1. The molecule has 1 aliphatic heterocycles. The molecule has 2 rings (SSSR count). The summed E-state index contributed by atoms with van der Waals surface area (Å²) in [6, 6.07) is 6.59. The van der Waals surface area contributed by atoms with Crippen LogP contribution in [-0.2, 0) is 9.59 Å². The van der Waals surface area contributed by atoms with Crippen molar-refractivity contribution in [2.45, 2.75) is 6.42 Å². The summed E-state index contributed by atoms with van der Waals surface area (Å²) in [5.41, 5.74) is 0.540. The van der Waals surface area contributed by atoms with Crippen LogP contribution in [0.4, 0.5) is 10.1 Å². The van der Waals surface area contributed by atoms with Gasteiger partial charge in [0.05, 0.1) is 5.69 Å². The van der Waals surface area contributed by atoms with Gasteiger partial charge in [-0.25, -0.2) is 4.39 Å². The van der Waals surface area contributed by atoms with Crippen molar-refractivity contribution in [3.8, 4) is 0 Å². The molecule has 6 nitrogen and oxygen atoms in total. The van der Waals surface area contributed by atoms with Gasteiger partial charge in [-0.05, 0) is 39.2 Å². The molecule has 1 heterocycles. The first-order valence-corrected chi connectivity index (χ1v) is 8.20. The molecule has 1 N–H and O–H groups in total. The third-order valence-electron chi connectivity index (χ3n) is 4.02. The fourth-order valence-electron chi connectivity index (χ4n) is 2.68. The molecule has 1 saturated heterocycles. The van der Waals surface area contributed by atoms with Crippen molar-refractivity contribution in [2.75, 3.05) is 58.3 Å². The van der Waals surface area contributed by atoms with Crippen molar-refractivity contribution in [1.82, 2.24) is 15.1 Å². The molecule has 7 heteroatoms. The van der Waals surface area contributed by atoms with Crippen molar-refractivity contribution >= 4 is 17.5 Å². The largest absolute Gasteiger partial charge is 0.366 e. The molecule has 2 amide bonds. The Balaban J connectivity index is 1.78. The molecule has 0 aliphatic carbocycles. The number of anilines is 1. The van der Waals surface area contributed by atoms with E-state index in [2.05, 4.69) is 5.32 Å². The number of carbonyl (C=O) groups is 2. The third-order valence-corrected chi connectivity index (χ3v) is 4.02. The van der Waals surface area contributed by atoms with Gasteiger partial charge >= 0.3 is 11.8 Å². The molecular weight excluding hydrogens is 311 g/mol. The van der Waals surface area contributed by atoms with Crippen molar-refractivity contribution in [2.24, 2.45) is 0 Å². The number of amides is 2. The average molecular weight is 336 g/mol. The van der Waals surface area contributed by atoms with Gasteiger partial charge in [0.1, 0.15) is 5.82 Å². The molecular formula is C17H25FN4O2. The van der Waals surface area contributed by atoms with Gasteiger partial charge in [0.15, 0.2) is 0 Å². The van der Waals surface area contributed by atoms with Crippen LogP contribution < -0.4 is 10.2 Å². The van der Waals surface area contributed by atoms with Crippen LogP contribution in [0.3, 0.4) is 0 Å². The maximum Gasteiger partial charge on any atom is 0.312 e. The molecule has 1 fully saturated rings. The minimum Gasteiger partial charge on any atom is -0.366 e. The van der Waals surface area contributed by atoms with Gasteiger partial charge in [-0.15, -0.1) is 0 Å². The summed E-state index contributed by atoms with van der Waals surface area (Å²) < 4.78 is 13.8. The second-order valence-corrected chi connectivity index (χ2v) is 6.14. The Bertz CT molecular complexity index is 571. The molecule has 1 aliphatic rings. The van der Waals surface area contributed by atoms with E-state index >= 15 is 0 Å². The van der Waals surface area contributed by atoms with Gasteiger partial charge in [0, 0.05) is 32.7 Å². The van der Waals surface area contributed by atoms with Crippen LogP contribution in [0.1, 0.15) is 6.42 Å². The molecule has 0 bridgehead atoms. The first kappa shape index (κ1) is 18.2. The number of nitrogens with one attached hydrogen (secondary N) is 1. The predicted molar refractivity (Wildman–Crippen MR) is 91.4 cm³/mol. The Morgan fingerprint density at radius 2 is 1.83 bits per heavy atom. The van der Waals surface area contributed by atoms with Crippen LogP contribution in [0.2, 0.25) is 0 Å². The van der Waals surface area contributed by atoms with Gasteiger partial charge < -0.3 is 20.0 Å². The van der Waals surface area contributed by atoms with E-state index in [0.29, 0.717) is 38.4 Å². The highest BCUT2D eigenvalue weighted by Gasteiger charge is 2.26. The van der Waals surface area contributed by atoms with Crippen LogP contribution in [0.5, 0.6) is 0 Å². The summed E-state index contributed by atoms with van der Waals surface area (Å²) >= 11 is 0. The molecule has 0 unspecified atom stereocenters. The summed E-state index contributed by atoms with van der Waals surface area (Å²) in [5.74, 6) is -1.34. The molecule has 0 atom stereocenters. The number of benzene rings is 1. The summed E-state index contributed by atoms with van der Waals surface area (Å²) in [6.07, 6.45) is 0.799. The lowest BCUT2D eigenvalue weighted by Gasteiger charge is -2.35. The molecule has 1 aromatic carbocycles. The van der Waals surface area contributed by atoms with Crippen LogP contribution in [0, 0.1) is 5.82 Å². The molecule has 0 aromatic heterocycles. The normalized spacial score (nSPS) is 14.8. The first-order valence-electron chi connectivity index (χ1n) is 8.20. The van der Waals surface area contributed by atoms with Gasteiger partial charge in [0.25, 0.3) is 0 Å². The predicted octanol–water partition coefficient (Wildman–Crippen LogP) is 0.542. The van der Waals surface area contributed by atoms with Gasteiger partial charge in [-0.1, -0.05) is 12.1 Å². The topological polar surface area (TPSA) is 55.9 Å². The lowest BCUT2D eigenvalue weighted by molar-refractivity contribution is -0.146. The van der Waals surface area contributed by atoms with Crippen LogP contribution in [-0.4, -0.2) is 75.0 Å². The second kappa shape index (κ2) is 8.63. The number of carbonyl (C=O) groups excluding carboxylic acids is 2. The van der Waals surface area contributed by atoms with E-state index in [9.17, 15) is 14.0 Å². The molecule has 0 saturated carbocycles. The third kappa shape index (κ3) is 4.92. The fraction of sp³-hybridized carbons (Fsp3) is 0.529. The Kier molecular flexibility index (Phi) is 6.54. The summed E-state index contributed by atoms with van der Waals surface area (Å²) in [4.78, 5) is 29.5. The second-order valence-electron chi connectivity index (χ2n) is 6.14. The standard InChI is InChI=1S/C17H25FN4O2/c1-20(2)9-5-8-19-16(23)17(24)22-12-10-21(11-13-22)15-7-4-3-6-14(15)18/h3-4,6-7H,5,8-13H2,1-2H3,(H,19,23). The van der Waals surface area contributed by atoms with E-state index in [1.807, 2.05) is 23.9 Å². The smallest absolute Gasteiger partial charge is 0.312 e. The zero-order chi connectivity index (χ0) is 17.5. The Morgan fingerprint density at radius 1 is 1.17 bits per heavy atom. The van der Waals surface area contributed by atoms with Crippen LogP contribution in [0.25, 0.3) is 0 Å². The van der Waals surface area contributed by atoms with Gasteiger partial charge in [0.2, 0.25) is 0 Å². The van der Waals surface area contributed by atoms with E-state index in [4.69, 9.17) is 0 Å². The number of halogens is 1. The number of rotatable bonds is 5. The Hall–Kier alpha value is -2.15. The number of hydrogen-bond donors (Lipinski definition) is 1. The molecule has 0 spiro atoms. The number of piperazine rings is 1. The van der Waals surface area contributed by atoms with Crippen molar-refractivity contribution in [3.63, 3.8) is 0 Å². The molecule has 1 aromatic rings. The van der Waals surface area contributed by atoms with E-state index in [-0.39, 0.29) is 5.82 Å². The zero-order valence-corrected chi connectivity index (χ0v) is 14.3. The van der Waals surface area contributed by atoms with Gasteiger partial charge in [-0.2, -0.15) is 0 Å². The van der Waals surface area contributed by atoms with Crippen molar-refractivity contribution in [3.05, 3.63) is 30.1 Å². The van der Waals surface area contributed by atoms with E-state index in [1.165, 1.54) is 11.0 Å². The SMILES string of the molecule is CN(C)CCCNC(=O)C(=O)N1CCN(c2ccccc2F)CC1. The minimum atomic E-state index is -0.562. The molecule has 24 heavy (non-hydrogen) atoms. The highest BCUT2D eigenvalue weighted by Crippen LogP contribution is 2.20. The summed E-state index contributed by atoms with van der Waals surface area (Å²) in [5, 5.41) is 2.66. The Morgan fingerprint density at radius 3 is 2.46 bits per heavy atom. The molecule has 0 radical (unpaired) electrons. The summed E-state index contributed by atoms with van der Waals surface area (Å²) in [7, 11) is 3.92. The molecule has 132 valence electrons. The first-order chi connectivity index (χ1) is 11.5. The van der Waals surface area contributed by atoms with Crippen LogP contribution in [0.15, 0.2) is 24.3 Å². The average Bonchev–Trinajstić information content (AvgIpc) is 2.58. The summed E-state index contributed by atoms with van der Waals surface area (Å²) in [6.45, 7) is 3.20. The highest BCUT2D eigenvalue weighted by molar-refractivity contribution is 6.35. The minimum absolute atomic E-state index is 0.268. The quantitative estimate of drug-likeness (QED) is 0.630. The van der Waals surface area contributed by atoms with Gasteiger partial charge in [-0.3, -0.25) is 9.59 Å². The maximum absolute atomic E-state index is 13.8. The lowest BCUT2D eigenvalue weighted by atomic mass is 10.2. The van der Waals surface area contributed by atoms with E-state index < -0.39 is 11.8 Å². The number of hydrogen-bond acceptors (Lipinski definition) is 4. The number of nitrogens with zero attached hydrogens (tertiary/aromatic N) is 3. The van der Waals surface area contributed by atoms with Crippen LogP contribution >= 0.6 is 0 Å². The number of para-hydroxylation sites is 1. The fourth-order valence-corrected chi connectivity index (χ4v) is 2.68. The van der Waals surface area contributed by atoms with E-state index in [0.717, 1.165) is 13.0 Å². The monoisotopic (exact) mass is 336 g/mol. The lowest BCUT2D eigenvalue weighted by Crippen LogP contribution is -2.53.